The van der Waals surface area contributed by atoms with E-state index in [-0.39, 0.29) is 23.1 Å². The topological polar surface area (TPSA) is 52.7 Å². The van der Waals surface area contributed by atoms with E-state index in [0.717, 1.165) is 5.56 Å². The highest BCUT2D eigenvalue weighted by Crippen LogP contribution is 2.42. The summed E-state index contributed by atoms with van der Waals surface area (Å²) in [6.45, 7) is 0. The van der Waals surface area contributed by atoms with Crippen molar-refractivity contribution in [3.63, 3.8) is 0 Å². The number of rotatable bonds is 3. The molecule has 0 spiro atoms. The minimum Gasteiger partial charge on any atom is -0.331 e. The Morgan fingerprint density at radius 3 is 2.64 bits per heavy atom. The van der Waals surface area contributed by atoms with Crippen LogP contribution in [0.2, 0.25) is 0 Å². The number of thioether (sulfide) groups is 1. The second kappa shape index (κ2) is 7.14. The fourth-order valence-corrected chi connectivity index (χ4v) is 3.72. The summed E-state index contributed by atoms with van der Waals surface area (Å²) in [7, 11) is 3.34. The summed E-state index contributed by atoms with van der Waals surface area (Å²) < 4.78 is 13.2. The lowest BCUT2D eigenvalue weighted by Crippen LogP contribution is -2.28. The van der Waals surface area contributed by atoms with Gasteiger partial charge in [-0.25, -0.2) is 9.18 Å². The number of hydrogen-bond donors (Lipinski definition) is 1. The number of nitrogens with zero attached hydrogens (tertiary/aromatic N) is 2. The van der Waals surface area contributed by atoms with Gasteiger partial charge in [-0.2, -0.15) is 0 Å². The molecule has 0 unspecified atom stereocenters. The molecule has 1 aliphatic heterocycles. The Morgan fingerprint density at radius 2 is 1.96 bits per heavy atom. The molecule has 0 aliphatic carbocycles. The lowest BCUT2D eigenvalue weighted by Gasteiger charge is -2.25. The quantitative estimate of drug-likeness (QED) is 0.909. The minimum atomic E-state index is -0.340. The van der Waals surface area contributed by atoms with Gasteiger partial charge in [0.1, 0.15) is 11.2 Å². The van der Waals surface area contributed by atoms with E-state index < -0.39 is 0 Å². The average molecular weight is 359 g/mol. The van der Waals surface area contributed by atoms with Gasteiger partial charge in [-0.3, -0.25) is 9.69 Å². The summed E-state index contributed by atoms with van der Waals surface area (Å²) in [6.07, 6.45) is 0. The minimum absolute atomic E-state index is 0.0238. The summed E-state index contributed by atoms with van der Waals surface area (Å²) >= 11 is 1.50. The van der Waals surface area contributed by atoms with Crippen LogP contribution in [-0.4, -0.2) is 36.7 Å². The maximum Gasteiger partial charge on any atom is 0.321 e. The van der Waals surface area contributed by atoms with E-state index in [2.05, 4.69) is 5.32 Å². The molecule has 0 radical (unpaired) electrons. The maximum atomic E-state index is 13.2. The number of anilines is 2. The van der Waals surface area contributed by atoms with Gasteiger partial charge in [0.15, 0.2) is 0 Å². The summed E-state index contributed by atoms with van der Waals surface area (Å²) in [5, 5.41) is 2.59. The molecule has 1 fully saturated rings. The van der Waals surface area contributed by atoms with Crippen LogP contribution in [0, 0.1) is 5.82 Å². The van der Waals surface area contributed by atoms with Gasteiger partial charge in [0.25, 0.3) is 0 Å². The highest BCUT2D eigenvalue weighted by Gasteiger charge is 2.34. The summed E-state index contributed by atoms with van der Waals surface area (Å²) in [6, 6.07) is 13.1. The van der Waals surface area contributed by atoms with E-state index in [0.29, 0.717) is 17.1 Å². The predicted molar refractivity (Wildman–Crippen MR) is 98.2 cm³/mol. The Labute approximate surface area is 149 Å². The average Bonchev–Trinajstić information content (AvgIpc) is 2.97. The summed E-state index contributed by atoms with van der Waals surface area (Å²) in [5.74, 6) is -0.00611. The van der Waals surface area contributed by atoms with E-state index in [9.17, 15) is 14.0 Å². The van der Waals surface area contributed by atoms with E-state index in [1.165, 1.54) is 28.8 Å². The third-order valence-corrected chi connectivity index (χ3v) is 5.01. The number of benzene rings is 2. The Hall–Kier alpha value is -2.54. The SMILES string of the molecule is CN(C)C(=O)Nc1cccc([C@@H]2SCC(=O)N2c2ccc(F)cc2)c1. The van der Waals surface area contributed by atoms with Crippen molar-refractivity contribution in [1.82, 2.24) is 4.90 Å². The fourth-order valence-electron chi connectivity index (χ4n) is 2.56. The van der Waals surface area contributed by atoms with Crippen LogP contribution in [0.25, 0.3) is 0 Å². The molecule has 3 rings (SSSR count). The van der Waals surface area contributed by atoms with Crippen LogP contribution >= 0.6 is 11.8 Å². The smallest absolute Gasteiger partial charge is 0.321 e. The molecule has 1 aliphatic rings. The van der Waals surface area contributed by atoms with Crippen molar-refractivity contribution in [3.8, 4) is 0 Å². The third kappa shape index (κ3) is 3.76. The molecule has 2 aromatic carbocycles. The van der Waals surface area contributed by atoms with E-state index in [1.807, 2.05) is 18.2 Å². The number of carbonyl (C=O) groups excluding carboxylic acids is 2. The van der Waals surface area contributed by atoms with Crippen LogP contribution in [0.1, 0.15) is 10.9 Å². The van der Waals surface area contributed by atoms with Crippen LogP contribution in [-0.2, 0) is 4.79 Å². The summed E-state index contributed by atoms with van der Waals surface area (Å²) in [5.41, 5.74) is 2.22. The van der Waals surface area contributed by atoms with Gasteiger partial charge in [0, 0.05) is 25.5 Å². The zero-order chi connectivity index (χ0) is 18.0. The molecule has 1 heterocycles. The van der Waals surface area contributed by atoms with Gasteiger partial charge in [0.2, 0.25) is 5.91 Å². The van der Waals surface area contributed by atoms with Crippen molar-refractivity contribution in [1.29, 1.82) is 0 Å². The van der Waals surface area contributed by atoms with Crippen molar-refractivity contribution < 1.29 is 14.0 Å². The molecule has 1 saturated heterocycles. The lowest BCUT2D eigenvalue weighted by atomic mass is 10.1. The standard InChI is InChI=1S/C18H18FN3O2S/c1-21(2)18(24)20-14-5-3-4-12(10-14)17-22(16(23)11-25-17)15-8-6-13(19)7-9-15/h3-10,17H,11H2,1-2H3,(H,20,24)/t17-/m0/s1. The molecule has 25 heavy (non-hydrogen) atoms. The van der Waals surface area contributed by atoms with E-state index in [4.69, 9.17) is 0 Å². The van der Waals surface area contributed by atoms with Gasteiger partial charge in [0.05, 0.1) is 5.75 Å². The van der Waals surface area contributed by atoms with Gasteiger partial charge >= 0.3 is 6.03 Å². The van der Waals surface area contributed by atoms with Crippen LogP contribution in [0.4, 0.5) is 20.6 Å². The second-order valence-electron chi connectivity index (χ2n) is 5.85. The van der Waals surface area contributed by atoms with Gasteiger partial charge in [-0.1, -0.05) is 12.1 Å². The van der Waals surface area contributed by atoms with Crippen molar-refractivity contribution in [2.75, 3.05) is 30.1 Å². The van der Waals surface area contributed by atoms with Crippen molar-refractivity contribution in [2.24, 2.45) is 0 Å². The van der Waals surface area contributed by atoms with E-state index in [1.54, 1.807) is 37.2 Å². The Bertz CT molecular complexity index is 795. The molecule has 5 nitrogen and oxygen atoms in total. The molecule has 1 N–H and O–H groups in total. The normalized spacial score (nSPS) is 16.8. The molecule has 0 bridgehead atoms. The Morgan fingerprint density at radius 1 is 1.24 bits per heavy atom. The highest BCUT2D eigenvalue weighted by atomic mass is 32.2. The van der Waals surface area contributed by atoms with Crippen molar-refractivity contribution in [2.45, 2.75) is 5.37 Å². The van der Waals surface area contributed by atoms with Crippen molar-refractivity contribution in [3.05, 3.63) is 59.9 Å². The second-order valence-corrected chi connectivity index (χ2v) is 6.92. The van der Waals surface area contributed by atoms with Crippen LogP contribution in [0.3, 0.4) is 0 Å². The first kappa shape index (κ1) is 17.3. The maximum absolute atomic E-state index is 13.2. The Balaban J connectivity index is 1.88. The van der Waals surface area contributed by atoms with Crippen molar-refractivity contribution >= 4 is 35.1 Å². The molecule has 7 heteroatoms. The van der Waals surface area contributed by atoms with E-state index >= 15 is 0 Å². The zero-order valence-corrected chi connectivity index (χ0v) is 14.7. The lowest BCUT2D eigenvalue weighted by molar-refractivity contribution is -0.115. The first-order valence-corrected chi connectivity index (χ1v) is 8.78. The largest absolute Gasteiger partial charge is 0.331 e. The van der Waals surface area contributed by atoms with Crippen LogP contribution in [0.15, 0.2) is 48.5 Å². The van der Waals surface area contributed by atoms with Gasteiger partial charge in [-0.05, 0) is 42.0 Å². The first-order valence-electron chi connectivity index (χ1n) is 7.73. The molecule has 3 amide bonds. The number of amides is 3. The monoisotopic (exact) mass is 359 g/mol. The molecular weight excluding hydrogens is 341 g/mol. The fraction of sp³-hybridized carbons (Fsp3) is 0.222. The Kier molecular flexibility index (Phi) is 4.94. The van der Waals surface area contributed by atoms with Crippen LogP contribution in [0.5, 0.6) is 0 Å². The number of carbonyl (C=O) groups is 2. The number of hydrogen-bond acceptors (Lipinski definition) is 3. The summed E-state index contributed by atoms with van der Waals surface area (Å²) in [4.78, 5) is 27.3. The predicted octanol–water partition coefficient (Wildman–Crippen LogP) is 3.70. The third-order valence-electron chi connectivity index (χ3n) is 3.80. The number of nitrogens with one attached hydrogen (secondary N) is 1. The molecular formula is C18H18FN3O2S. The number of halogens is 1. The highest BCUT2D eigenvalue weighted by molar-refractivity contribution is 8.00. The number of urea groups is 1. The molecule has 130 valence electrons. The van der Waals surface area contributed by atoms with Gasteiger partial charge in [-0.15, -0.1) is 11.8 Å². The van der Waals surface area contributed by atoms with Gasteiger partial charge < -0.3 is 10.2 Å². The molecule has 0 aromatic heterocycles. The zero-order valence-electron chi connectivity index (χ0n) is 13.9. The molecule has 0 saturated carbocycles. The van der Waals surface area contributed by atoms with Crippen LogP contribution < -0.4 is 10.2 Å². The molecule has 1 atom stereocenters. The first-order chi connectivity index (χ1) is 12.0. The molecule has 2 aromatic rings.